The molecular formula is C13H13ClN2O3. The van der Waals surface area contributed by atoms with Crippen molar-refractivity contribution in [3.8, 4) is 0 Å². The van der Waals surface area contributed by atoms with Crippen LogP contribution in [0.3, 0.4) is 0 Å². The number of hydrogen-bond acceptors (Lipinski definition) is 4. The molecule has 1 aromatic rings. The summed E-state index contributed by atoms with van der Waals surface area (Å²) in [4.78, 5) is 22.9. The Bertz CT molecular complexity index is 525. The lowest BCUT2D eigenvalue weighted by molar-refractivity contribution is -0.147. The molecule has 2 rings (SSSR count). The van der Waals surface area contributed by atoms with Gasteiger partial charge in [-0.05, 0) is 17.7 Å². The third kappa shape index (κ3) is 3.32. The zero-order chi connectivity index (χ0) is 13.8. The normalized spacial score (nSPS) is 15.2. The highest BCUT2D eigenvalue weighted by atomic mass is 35.5. The second kappa shape index (κ2) is 5.84. The molecule has 100 valence electrons. The predicted octanol–water partition coefficient (Wildman–Crippen LogP) is 1.84. The molecule has 0 saturated heterocycles. The first-order valence-corrected chi connectivity index (χ1v) is 6.18. The number of benzene rings is 1. The Morgan fingerprint density at radius 2 is 2.05 bits per heavy atom. The van der Waals surface area contributed by atoms with Crippen molar-refractivity contribution in [3.63, 3.8) is 0 Å². The molecule has 5 nitrogen and oxygen atoms in total. The minimum atomic E-state index is -0.491. The molecule has 1 aromatic carbocycles. The van der Waals surface area contributed by atoms with Gasteiger partial charge in [-0.25, -0.2) is 5.01 Å². The second-order valence-electron chi connectivity index (χ2n) is 4.08. The number of ether oxygens (including phenoxy) is 1. The molecule has 0 aromatic heterocycles. The SMILES string of the molecule is COC(=O)CN1N=C(c2ccc(Cl)cc2)CCC1=O. The van der Waals surface area contributed by atoms with E-state index in [2.05, 4.69) is 9.84 Å². The summed E-state index contributed by atoms with van der Waals surface area (Å²) < 4.78 is 4.54. The third-order valence-corrected chi connectivity index (χ3v) is 3.04. The zero-order valence-corrected chi connectivity index (χ0v) is 11.2. The van der Waals surface area contributed by atoms with Crippen LogP contribution in [0.5, 0.6) is 0 Å². The van der Waals surface area contributed by atoms with Crippen molar-refractivity contribution in [1.82, 2.24) is 5.01 Å². The van der Waals surface area contributed by atoms with E-state index in [4.69, 9.17) is 11.6 Å². The predicted molar refractivity (Wildman–Crippen MR) is 71.0 cm³/mol. The van der Waals surface area contributed by atoms with Gasteiger partial charge in [-0.2, -0.15) is 5.10 Å². The van der Waals surface area contributed by atoms with E-state index in [1.165, 1.54) is 7.11 Å². The fraction of sp³-hybridized carbons (Fsp3) is 0.308. The minimum Gasteiger partial charge on any atom is -0.468 e. The molecule has 19 heavy (non-hydrogen) atoms. The molecule has 0 atom stereocenters. The summed E-state index contributed by atoms with van der Waals surface area (Å²) in [5.41, 5.74) is 1.66. The third-order valence-electron chi connectivity index (χ3n) is 2.79. The highest BCUT2D eigenvalue weighted by Gasteiger charge is 2.23. The Morgan fingerprint density at radius 3 is 2.68 bits per heavy atom. The molecule has 0 spiro atoms. The summed E-state index contributed by atoms with van der Waals surface area (Å²) in [6.07, 6.45) is 0.886. The maximum atomic E-state index is 11.7. The van der Waals surface area contributed by atoms with E-state index in [0.29, 0.717) is 17.9 Å². The number of amides is 1. The average Bonchev–Trinajstić information content (AvgIpc) is 2.42. The topological polar surface area (TPSA) is 59.0 Å². The molecule has 0 saturated carbocycles. The second-order valence-corrected chi connectivity index (χ2v) is 4.52. The summed E-state index contributed by atoms with van der Waals surface area (Å²) in [7, 11) is 1.28. The molecule has 0 N–H and O–H groups in total. The molecule has 1 amide bonds. The molecule has 0 aliphatic carbocycles. The maximum absolute atomic E-state index is 11.7. The van der Waals surface area contributed by atoms with Gasteiger partial charge in [0.05, 0.1) is 12.8 Å². The standard InChI is InChI=1S/C13H13ClN2O3/c1-19-13(18)8-16-12(17)7-6-11(15-16)9-2-4-10(14)5-3-9/h2-5H,6-8H2,1H3. The van der Waals surface area contributed by atoms with Gasteiger partial charge < -0.3 is 4.74 Å². The van der Waals surface area contributed by atoms with Gasteiger partial charge in [-0.1, -0.05) is 23.7 Å². The van der Waals surface area contributed by atoms with Crippen molar-refractivity contribution in [2.45, 2.75) is 12.8 Å². The van der Waals surface area contributed by atoms with E-state index in [1.807, 2.05) is 12.1 Å². The number of methoxy groups -OCH3 is 1. The number of hydrazone groups is 1. The van der Waals surface area contributed by atoms with Crippen LogP contribution in [0.25, 0.3) is 0 Å². The van der Waals surface area contributed by atoms with Gasteiger partial charge in [-0.15, -0.1) is 0 Å². The Hall–Kier alpha value is -1.88. The lowest BCUT2D eigenvalue weighted by Gasteiger charge is -2.22. The molecule has 1 heterocycles. The highest BCUT2D eigenvalue weighted by molar-refractivity contribution is 6.30. The van der Waals surface area contributed by atoms with Crippen molar-refractivity contribution in [2.75, 3.05) is 13.7 Å². The lowest BCUT2D eigenvalue weighted by Crippen LogP contribution is -2.36. The first kappa shape index (κ1) is 13.5. The monoisotopic (exact) mass is 280 g/mol. The smallest absolute Gasteiger partial charge is 0.327 e. The summed E-state index contributed by atoms with van der Waals surface area (Å²) in [6.45, 7) is -0.160. The van der Waals surface area contributed by atoms with E-state index in [-0.39, 0.29) is 12.5 Å². The summed E-state index contributed by atoms with van der Waals surface area (Å²) >= 11 is 5.82. The lowest BCUT2D eigenvalue weighted by atomic mass is 10.0. The quantitative estimate of drug-likeness (QED) is 0.794. The number of hydrogen-bond donors (Lipinski definition) is 0. The van der Waals surface area contributed by atoms with Gasteiger partial charge in [0.2, 0.25) is 5.91 Å². The number of rotatable bonds is 3. The van der Waals surface area contributed by atoms with Crippen LogP contribution >= 0.6 is 11.6 Å². The fourth-order valence-corrected chi connectivity index (χ4v) is 1.89. The van der Waals surface area contributed by atoms with Gasteiger partial charge in [0.1, 0.15) is 6.54 Å². The summed E-state index contributed by atoms with van der Waals surface area (Å²) in [6, 6.07) is 7.21. The molecule has 0 fully saturated rings. The number of halogens is 1. The van der Waals surface area contributed by atoms with E-state index >= 15 is 0 Å². The summed E-state index contributed by atoms with van der Waals surface area (Å²) in [5, 5.41) is 6.00. The van der Waals surface area contributed by atoms with Crippen LogP contribution in [0.1, 0.15) is 18.4 Å². The van der Waals surface area contributed by atoms with Crippen molar-refractivity contribution in [1.29, 1.82) is 0 Å². The zero-order valence-electron chi connectivity index (χ0n) is 10.4. The van der Waals surface area contributed by atoms with E-state index in [0.717, 1.165) is 16.3 Å². The molecule has 1 aliphatic heterocycles. The number of carbonyl (C=O) groups excluding carboxylic acids is 2. The van der Waals surface area contributed by atoms with Crippen LogP contribution in [0.2, 0.25) is 5.02 Å². The Kier molecular flexibility index (Phi) is 4.16. The number of nitrogens with zero attached hydrogens (tertiary/aromatic N) is 2. The van der Waals surface area contributed by atoms with Crippen LogP contribution in [0, 0.1) is 0 Å². The first-order chi connectivity index (χ1) is 9.10. The molecule has 0 bridgehead atoms. The molecule has 0 radical (unpaired) electrons. The fourth-order valence-electron chi connectivity index (χ4n) is 1.76. The van der Waals surface area contributed by atoms with Gasteiger partial charge in [0, 0.05) is 17.9 Å². The van der Waals surface area contributed by atoms with Crippen molar-refractivity contribution < 1.29 is 14.3 Å². The Balaban J connectivity index is 2.21. The van der Waals surface area contributed by atoms with Crippen LogP contribution in [0.15, 0.2) is 29.4 Å². The molecule has 0 unspecified atom stereocenters. The highest BCUT2D eigenvalue weighted by Crippen LogP contribution is 2.17. The average molecular weight is 281 g/mol. The van der Waals surface area contributed by atoms with Gasteiger partial charge in [0.25, 0.3) is 0 Å². The van der Waals surface area contributed by atoms with E-state index in [1.54, 1.807) is 12.1 Å². The van der Waals surface area contributed by atoms with Crippen LogP contribution in [-0.2, 0) is 14.3 Å². The van der Waals surface area contributed by atoms with Crippen molar-refractivity contribution in [2.24, 2.45) is 5.10 Å². The van der Waals surface area contributed by atoms with Gasteiger partial charge >= 0.3 is 5.97 Å². The molecule has 6 heteroatoms. The van der Waals surface area contributed by atoms with Crippen LogP contribution in [-0.4, -0.2) is 36.3 Å². The Morgan fingerprint density at radius 1 is 1.37 bits per heavy atom. The summed E-state index contributed by atoms with van der Waals surface area (Å²) in [5.74, 6) is -0.669. The number of carbonyl (C=O) groups is 2. The van der Waals surface area contributed by atoms with Crippen LogP contribution in [0.4, 0.5) is 0 Å². The first-order valence-electron chi connectivity index (χ1n) is 5.81. The van der Waals surface area contributed by atoms with Crippen LogP contribution < -0.4 is 0 Å². The molecule has 1 aliphatic rings. The van der Waals surface area contributed by atoms with E-state index in [9.17, 15) is 9.59 Å². The molecular weight excluding hydrogens is 268 g/mol. The van der Waals surface area contributed by atoms with Gasteiger partial charge in [-0.3, -0.25) is 9.59 Å². The largest absolute Gasteiger partial charge is 0.468 e. The van der Waals surface area contributed by atoms with Crippen molar-refractivity contribution >= 4 is 29.2 Å². The van der Waals surface area contributed by atoms with Gasteiger partial charge in [0.15, 0.2) is 0 Å². The van der Waals surface area contributed by atoms with E-state index < -0.39 is 5.97 Å². The Labute approximate surface area is 115 Å². The minimum absolute atomic E-state index is 0.160. The maximum Gasteiger partial charge on any atom is 0.327 e. The van der Waals surface area contributed by atoms with Crippen molar-refractivity contribution in [3.05, 3.63) is 34.9 Å². The number of esters is 1.